The molecule has 0 unspecified atom stereocenters. The average molecular weight is 396 g/mol. The Hall–Kier alpha value is -4.17. The van der Waals surface area contributed by atoms with E-state index in [2.05, 4.69) is 5.32 Å². The molecule has 3 aromatic carbocycles. The number of aryl methyl sites for hydroxylation is 1. The first kappa shape index (κ1) is 20.6. The molecule has 5 heteroatoms. The second-order valence-electron chi connectivity index (χ2n) is 6.65. The van der Waals surface area contributed by atoms with Crippen molar-refractivity contribution in [2.24, 2.45) is 0 Å². The SMILES string of the molecule is Cc1ccc(NC(=O)[C@H](OC(=O)/C=C/c2ccc(C#N)cc2)c2ccccc2)cc1. The topological polar surface area (TPSA) is 79.2 Å². The van der Waals surface area contributed by atoms with E-state index < -0.39 is 18.0 Å². The highest BCUT2D eigenvalue weighted by atomic mass is 16.5. The Labute approximate surface area is 175 Å². The summed E-state index contributed by atoms with van der Waals surface area (Å²) >= 11 is 0. The van der Waals surface area contributed by atoms with E-state index in [1.807, 2.05) is 31.2 Å². The van der Waals surface area contributed by atoms with Gasteiger partial charge < -0.3 is 10.1 Å². The number of amides is 1. The van der Waals surface area contributed by atoms with Crippen LogP contribution in [-0.4, -0.2) is 11.9 Å². The second kappa shape index (κ2) is 9.85. The van der Waals surface area contributed by atoms with Crippen molar-refractivity contribution in [3.05, 3.63) is 107 Å². The lowest BCUT2D eigenvalue weighted by atomic mass is 10.1. The zero-order chi connectivity index (χ0) is 21.3. The third-order valence-corrected chi connectivity index (χ3v) is 4.35. The smallest absolute Gasteiger partial charge is 0.331 e. The van der Waals surface area contributed by atoms with Crippen LogP contribution in [0.3, 0.4) is 0 Å². The molecule has 0 aliphatic rings. The minimum absolute atomic E-state index is 0.440. The number of nitrogens with one attached hydrogen (secondary N) is 1. The molecule has 0 aliphatic heterocycles. The third kappa shape index (κ3) is 5.66. The summed E-state index contributed by atoms with van der Waals surface area (Å²) in [6.07, 6.45) is 1.74. The molecule has 1 N–H and O–H groups in total. The number of carbonyl (C=O) groups excluding carboxylic acids is 2. The molecule has 0 radical (unpaired) electrons. The van der Waals surface area contributed by atoms with Gasteiger partial charge in [0, 0.05) is 17.3 Å². The number of nitriles is 1. The van der Waals surface area contributed by atoms with Crippen LogP contribution < -0.4 is 5.32 Å². The third-order valence-electron chi connectivity index (χ3n) is 4.35. The van der Waals surface area contributed by atoms with Crippen molar-refractivity contribution in [2.75, 3.05) is 5.32 Å². The van der Waals surface area contributed by atoms with Crippen LogP contribution in [0.4, 0.5) is 5.69 Å². The minimum atomic E-state index is -1.09. The van der Waals surface area contributed by atoms with Gasteiger partial charge in [-0.05, 0) is 42.8 Å². The number of carbonyl (C=O) groups is 2. The Bertz CT molecular complexity index is 1080. The number of nitrogens with zero attached hydrogens (tertiary/aromatic N) is 1. The quantitative estimate of drug-likeness (QED) is 0.479. The average Bonchev–Trinajstić information content (AvgIpc) is 2.78. The van der Waals surface area contributed by atoms with Crippen molar-refractivity contribution in [3.63, 3.8) is 0 Å². The first-order valence-electron chi connectivity index (χ1n) is 9.36. The Morgan fingerprint density at radius 2 is 1.63 bits per heavy atom. The van der Waals surface area contributed by atoms with Crippen LogP contribution in [0, 0.1) is 18.3 Å². The van der Waals surface area contributed by atoms with E-state index in [1.165, 1.54) is 6.08 Å². The van der Waals surface area contributed by atoms with E-state index in [0.717, 1.165) is 11.1 Å². The molecule has 1 atom stereocenters. The highest BCUT2D eigenvalue weighted by Crippen LogP contribution is 2.21. The summed E-state index contributed by atoms with van der Waals surface area (Å²) in [6.45, 7) is 1.96. The highest BCUT2D eigenvalue weighted by Gasteiger charge is 2.24. The van der Waals surface area contributed by atoms with Crippen LogP contribution in [0.5, 0.6) is 0 Å². The summed E-state index contributed by atoms with van der Waals surface area (Å²) in [4.78, 5) is 25.2. The van der Waals surface area contributed by atoms with Gasteiger partial charge in [-0.15, -0.1) is 0 Å². The monoisotopic (exact) mass is 396 g/mol. The van der Waals surface area contributed by atoms with Gasteiger partial charge in [0.1, 0.15) is 0 Å². The molecule has 1 amide bonds. The van der Waals surface area contributed by atoms with E-state index in [4.69, 9.17) is 10.00 Å². The maximum atomic E-state index is 12.8. The fourth-order valence-corrected chi connectivity index (χ4v) is 2.73. The lowest BCUT2D eigenvalue weighted by Gasteiger charge is -2.17. The van der Waals surface area contributed by atoms with Crippen LogP contribution >= 0.6 is 0 Å². The van der Waals surface area contributed by atoms with Gasteiger partial charge >= 0.3 is 5.97 Å². The molecular weight excluding hydrogens is 376 g/mol. The van der Waals surface area contributed by atoms with Crippen molar-refractivity contribution in [2.45, 2.75) is 13.0 Å². The van der Waals surface area contributed by atoms with E-state index in [0.29, 0.717) is 16.8 Å². The van der Waals surface area contributed by atoms with Crippen molar-refractivity contribution in [1.29, 1.82) is 5.26 Å². The molecule has 3 aromatic rings. The van der Waals surface area contributed by atoms with Crippen molar-refractivity contribution in [1.82, 2.24) is 0 Å². The van der Waals surface area contributed by atoms with Gasteiger partial charge in [0.25, 0.3) is 5.91 Å². The number of rotatable bonds is 6. The molecule has 0 aromatic heterocycles. The summed E-state index contributed by atoms with van der Waals surface area (Å²) in [7, 11) is 0. The number of hydrogen-bond donors (Lipinski definition) is 1. The second-order valence-corrected chi connectivity index (χ2v) is 6.65. The fraction of sp³-hybridized carbons (Fsp3) is 0.0800. The standard InChI is InChI=1S/C25H20N2O3/c1-18-7-14-22(15-8-18)27-25(29)24(21-5-3-2-4-6-21)30-23(28)16-13-19-9-11-20(17-26)12-10-19/h2-16,24H,1H3,(H,27,29)/b16-13+/t24-/m1/s1. The van der Waals surface area contributed by atoms with E-state index in [-0.39, 0.29) is 0 Å². The molecule has 0 saturated heterocycles. The largest absolute Gasteiger partial charge is 0.444 e. The van der Waals surface area contributed by atoms with Crippen molar-refractivity contribution in [3.8, 4) is 6.07 Å². The molecule has 3 rings (SSSR count). The number of anilines is 1. The maximum absolute atomic E-state index is 12.8. The number of benzene rings is 3. The van der Waals surface area contributed by atoms with Crippen LogP contribution in [0.2, 0.25) is 0 Å². The molecule has 0 bridgehead atoms. The molecule has 0 heterocycles. The van der Waals surface area contributed by atoms with Gasteiger partial charge in [-0.3, -0.25) is 4.79 Å². The van der Waals surface area contributed by atoms with Crippen LogP contribution in [-0.2, 0) is 14.3 Å². The van der Waals surface area contributed by atoms with Crippen LogP contribution in [0.1, 0.15) is 28.4 Å². The summed E-state index contributed by atoms with van der Waals surface area (Å²) in [5.74, 6) is -1.09. The van der Waals surface area contributed by atoms with Gasteiger partial charge in [0.2, 0.25) is 6.10 Å². The van der Waals surface area contributed by atoms with E-state index in [9.17, 15) is 9.59 Å². The predicted molar refractivity (Wildman–Crippen MR) is 115 cm³/mol. The Morgan fingerprint density at radius 1 is 0.967 bits per heavy atom. The van der Waals surface area contributed by atoms with Gasteiger partial charge in [-0.25, -0.2) is 4.79 Å². The maximum Gasteiger partial charge on any atom is 0.331 e. The van der Waals surface area contributed by atoms with Gasteiger partial charge in [0.15, 0.2) is 0 Å². The normalized spacial score (nSPS) is 11.5. The Morgan fingerprint density at radius 3 is 2.27 bits per heavy atom. The Kier molecular flexibility index (Phi) is 6.75. The molecule has 148 valence electrons. The van der Waals surface area contributed by atoms with Gasteiger partial charge in [0.05, 0.1) is 11.6 Å². The fourth-order valence-electron chi connectivity index (χ4n) is 2.73. The summed E-state index contributed by atoms with van der Waals surface area (Å²) < 4.78 is 5.47. The van der Waals surface area contributed by atoms with Gasteiger partial charge in [-0.1, -0.05) is 60.2 Å². The van der Waals surface area contributed by atoms with E-state index >= 15 is 0 Å². The molecule has 0 saturated carbocycles. The molecule has 30 heavy (non-hydrogen) atoms. The molecular formula is C25H20N2O3. The zero-order valence-corrected chi connectivity index (χ0v) is 16.4. The molecule has 0 fully saturated rings. The Balaban J connectivity index is 1.74. The van der Waals surface area contributed by atoms with E-state index in [1.54, 1.807) is 66.7 Å². The first-order valence-corrected chi connectivity index (χ1v) is 9.36. The lowest BCUT2D eigenvalue weighted by Crippen LogP contribution is -2.25. The minimum Gasteiger partial charge on any atom is -0.444 e. The van der Waals surface area contributed by atoms with Gasteiger partial charge in [-0.2, -0.15) is 5.26 Å². The molecule has 0 spiro atoms. The zero-order valence-electron chi connectivity index (χ0n) is 16.4. The lowest BCUT2D eigenvalue weighted by molar-refractivity contribution is -0.149. The predicted octanol–water partition coefficient (Wildman–Crippen LogP) is 4.80. The first-order chi connectivity index (χ1) is 14.5. The summed E-state index contributed by atoms with van der Waals surface area (Å²) in [5.41, 5.74) is 3.54. The summed E-state index contributed by atoms with van der Waals surface area (Å²) in [5, 5.41) is 11.6. The number of esters is 1. The summed E-state index contributed by atoms with van der Waals surface area (Å²) in [6, 6.07) is 25.0. The number of ether oxygens (including phenoxy) is 1. The number of hydrogen-bond acceptors (Lipinski definition) is 4. The van der Waals surface area contributed by atoms with Crippen molar-refractivity contribution >= 4 is 23.6 Å². The molecule has 5 nitrogen and oxygen atoms in total. The van der Waals surface area contributed by atoms with Crippen molar-refractivity contribution < 1.29 is 14.3 Å². The highest BCUT2D eigenvalue weighted by molar-refractivity contribution is 5.97. The van der Waals surface area contributed by atoms with Crippen LogP contribution in [0.15, 0.2) is 84.9 Å². The molecule has 0 aliphatic carbocycles. The van der Waals surface area contributed by atoms with Crippen LogP contribution in [0.25, 0.3) is 6.08 Å².